The van der Waals surface area contributed by atoms with Gasteiger partial charge in [-0.25, -0.2) is 0 Å². The molecule has 3 aromatic rings. The Hall–Kier alpha value is -2.55. The Morgan fingerprint density at radius 1 is 1.13 bits per heavy atom. The maximum Gasteiger partial charge on any atom is 0.277 e. The highest BCUT2D eigenvalue weighted by Crippen LogP contribution is 2.30. The normalized spacial score (nSPS) is 14.6. The number of piperazine rings is 1. The Balaban J connectivity index is 1.34. The number of hydrogen-bond donors (Lipinski definition) is 1. The van der Waals surface area contributed by atoms with Crippen molar-refractivity contribution in [1.82, 2.24) is 15.1 Å². The van der Waals surface area contributed by atoms with Crippen LogP contribution in [-0.2, 0) is 11.2 Å². The minimum atomic E-state index is -0.148. The standard InChI is InChI=1S/C22H24ClN5O2S/c1-27-9-11-28(12-10-27)19-8-7-17(23)14-18(19)24-20(29)15-31-22-26-25-21(30-22)13-16-5-3-2-4-6-16/h2-8,14H,9-13,15H2,1H3,(H,24,29). The molecule has 31 heavy (non-hydrogen) atoms. The number of thioether (sulfide) groups is 1. The molecule has 0 spiro atoms. The summed E-state index contributed by atoms with van der Waals surface area (Å²) in [7, 11) is 2.11. The number of anilines is 2. The summed E-state index contributed by atoms with van der Waals surface area (Å²) in [4.78, 5) is 17.2. The van der Waals surface area contributed by atoms with E-state index in [1.807, 2.05) is 42.5 Å². The summed E-state index contributed by atoms with van der Waals surface area (Å²) < 4.78 is 5.66. The third kappa shape index (κ3) is 6.00. The second-order valence-corrected chi connectivity index (χ2v) is 8.78. The van der Waals surface area contributed by atoms with Crippen LogP contribution in [0.3, 0.4) is 0 Å². The fourth-order valence-corrected chi connectivity index (χ4v) is 4.14. The van der Waals surface area contributed by atoms with Crippen LogP contribution in [0.5, 0.6) is 0 Å². The molecule has 1 saturated heterocycles. The summed E-state index contributed by atoms with van der Waals surface area (Å²) in [5.74, 6) is 0.550. The van der Waals surface area contributed by atoms with Crippen LogP contribution in [0.25, 0.3) is 0 Å². The zero-order valence-corrected chi connectivity index (χ0v) is 18.8. The average Bonchev–Trinajstić information content (AvgIpc) is 3.21. The third-order valence-corrected chi connectivity index (χ3v) is 6.10. The molecule has 1 aromatic heterocycles. The van der Waals surface area contributed by atoms with Crippen LogP contribution in [-0.4, -0.2) is 60.0 Å². The van der Waals surface area contributed by atoms with Crippen LogP contribution < -0.4 is 10.2 Å². The smallest absolute Gasteiger partial charge is 0.277 e. The number of halogens is 1. The van der Waals surface area contributed by atoms with E-state index in [0.29, 0.717) is 22.6 Å². The maximum atomic E-state index is 12.6. The van der Waals surface area contributed by atoms with Crippen LogP contribution in [0.4, 0.5) is 11.4 Å². The van der Waals surface area contributed by atoms with Gasteiger partial charge in [-0.3, -0.25) is 4.79 Å². The van der Waals surface area contributed by atoms with Gasteiger partial charge in [-0.2, -0.15) is 0 Å². The van der Waals surface area contributed by atoms with Crippen molar-refractivity contribution >= 4 is 40.6 Å². The zero-order valence-electron chi connectivity index (χ0n) is 17.3. The summed E-state index contributed by atoms with van der Waals surface area (Å²) in [6, 6.07) is 15.5. The van der Waals surface area contributed by atoms with E-state index in [4.69, 9.17) is 16.0 Å². The van der Waals surface area contributed by atoms with Crippen molar-refractivity contribution < 1.29 is 9.21 Å². The van der Waals surface area contributed by atoms with E-state index >= 15 is 0 Å². The average molecular weight is 458 g/mol. The molecule has 162 valence electrons. The number of carbonyl (C=O) groups is 1. The third-order valence-electron chi connectivity index (χ3n) is 5.05. The minimum Gasteiger partial charge on any atom is -0.416 e. The van der Waals surface area contributed by atoms with Gasteiger partial charge < -0.3 is 19.5 Å². The largest absolute Gasteiger partial charge is 0.416 e. The number of benzene rings is 2. The quantitative estimate of drug-likeness (QED) is 0.541. The van der Waals surface area contributed by atoms with Gasteiger partial charge in [0.15, 0.2) is 0 Å². The van der Waals surface area contributed by atoms with Crippen LogP contribution in [0.15, 0.2) is 58.2 Å². The van der Waals surface area contributed by atoms with Crippen molar-refractivity contribution in [1.29, 1.82) is 0 Å². The Labute approximate surface area is 190 Å². The molecule has 0 radical (unpaired) electrons. The molecule has 7 nitrogen and oxygen atoms in total. The van der Waals surface area contributed by atoms with E-state index < -0.39 is 0 Å². The van der Waals surface area contributed by atoms with Crippen molar-refractivity contribution in [3.05, 3.63) is 65.0 Å². The molecule has 2 heterocycles. The van der Waals surface area contributed by atoms with Crippen molar-refractivity contribution in [3.63, 3.8) is 0 Å². The predicted molar refractivity (Wildman–Crippen MR) is 124 cm³/mol. The number of carbonyl (C=O) groups excluding carboxylic acids is 1. The molecule has 1 aliphatic rings. The summed E-state index contributed by atoms with van der Waals surface area (Å²) >= 11 is 7.41. The highest BCUT2D eigenvalue weighted by atomic mass is 35.5. The number of rotatable bonds is 7. The molecule has 0 unspecified atom stereocenters. The van der Waals surface area contributed by atoms with Crippen LogP contribution in [0, 0.1) is 0 Å². The molecule has 1 N–H and O–H groups in total. The van der Waals surface area contributed by atoms with Crippen molar-refractivity contribution in [2.24, 2.45) is 0 Å². The Kier molecular flexibility index (Phi) is 7.11. The number of nitrogens with one attached hydrogen (secondary N) is 1. The molecule has 1 aliphatic heterocycles. The lowest BCUT2D eigenvalue weighted by Gasteiger charge is -2.35. The minimum absolute atomic E-state index is 0.148. The van der Waals surface area contributed by atoms with E-state index in [1.165, 1.54) is 11.8 Å². The topological polar surface area (TPSA) is 74.5 Å². The lowest BCUT2D eigenvalue weighted by atomic mass is 10.2. The van der Waals surface area contributed by atoms with Crippen LogP contribution in [0.1, 0.15) is 11.5 Å². The lowest BCUT2D eigenvalue weighted by Crippen LogP contribution is -2.44. The number of likely N-dealkylation sites (N-methyl/N-ethyl adjacent to an activating group) is 1. The second-order valence-electron chi connectivity index (χ2n) is 7.41. The lowest BCUT2D eigenvalue weighted by molar-refractivity contribution is -0.113. The van der Waals surface area contributed by atoms with Gasteiger partial charge >= 0.3 is 0 Å². The highest BCUT2D eigenvalue weighted by molar-refractivity contribution is 7.99. The molecule has 0 bridgehead atoms. The van der Waals surface area contributed by atoms with E-state index in [2.05, 4.69) is 32.4 Å². The molecule has 4 rings (SSSR count). The molecule has 1 amide bonds. The highest BCUT2D eigenvalue weighted by Gasteiger charge is 2.19. The Morgan fingerprint density at radius 3 is 2.68 bits per heavy atom. The van der Waals surface area contributed by atoms with Crippen molar-refractivity contribution in [3.8, 4) is 0 Å². The first-order valence-corrected chi connectivity index (χ1v) is 11.5. The first-order chi connectivity index (χ1) is 15.1. The summed E-state index contributed by atoms with van der Waals surface area (Å²) in [5, 5.41) is 12.1. The van der Waals surface area contributed by atoms with Gasteiger partial charge in [0.05, 0.1) is 23.5 Å². The monoisotopic (exact) mass is 457 g/mol. The molecular formula is C22H24ClN5O2S. The maximum absolute atomic E-state index is 12.6. The molecule has 2 aromatic carbocycles. The fourth-order valence-electron chi connectivity index (χ4n) is 3.38. The van der Waals surface area contributed by atoms with Gasteiger partial charge in [0.25, 0.3) is 5.22 Å². The van der Waals surface area contributed by atoms with Gasteiger partial charge in [-0.1, -0.05) is 53.7 Å². The second kappa shape index (κ2) is 10.2. The number of amides is 1. The number of aromatic nitrogens is 2. The molecule has 0 atom stereocenters. The Bertz CT molecular complexity index is 1020. The Morgan fingerprint density at radius 2 is 1.90 bits per heavy atom. The SMILES string of the molecule is CN1CCN(c2ccc(Cl)cc2NC(=O)CSc2nnc(Cc3ccccc3)o2)CC1. The van der Waals surface area contributed by atoms with E-state index in [1.54, 1.807) is 6.07 Å². The van der Waals surface area contributed by atoms with Gasteiger partial charge in [0, 0.05) is 31.2 Å². The molecule has 1 fully saturated rings. The number of hydrogen-bond acceptors (Lipinski definition) is 7. The molecule has 0 saturated carbocycles. The van der Waals surface area contributed by atoms with E-state index in [-0.39, 0.29) is 11.7 Å². The number of nitrogens with zero attached hydrogens (tertiary/aromatic N) is 4. The van der Waals surface area contributed by atoms with E-state index in [0.717, 1.165) is 43.1 Å². The van der Waals surface area contributed by atoms with Crippen molar-refractivity contribution in [2.75, 3.05) is 49.2 Å². The van der Waals surface area contributed by atoms with Crippen LogP contribution in [0.2, 0.25) is 5.02 Å². The van der Waals surface area contributed by atoms with Gasteiger partial charge in [-0.05, 0) is 30.8 Å². The van der Waals surface area contributed by atoms with Gasteiger partial charge in [-0.15, -0.1) is 10.2 Å². The summed E-state index contributed by atoms with van der Waals surface area (Å²) in [6.45, 7) is 3.77. The first kappa shape index (κ1) is 21.7. The van der Waals surface area contributed by atoms with Gasteiger partial charge in [0.2, 0.25) is 11.8 Å². The van der Waals surface area contributed by atoms with E-state index in [9.17, 15) is 4.79 Å². The fraction of sp³-hybridized carbons (Fsp3) is 0.318. The van der Waals surface area contributed by atoms with Crippen molar-refractivity contribution in [2.45, 2.75) is 11.6 Å². The summed E-state index contributed by atoms with van der Waals surface area (Å²) in [6.07, 6.45) is 0.567. The molecular weight excluding hydrogens is 434 g/mol. The first-order valence-electron chi connectivity index (χ1n) is 10.1. The zero-order chi connectivity index (χ0) is 21.6. The summed E-state index contributed by atoms with van der Waals surface area (Å²) in [5.41, 5.74) is 2.80. The van der Waals surface area contributed by atoms with Gasteiger partial charge in [0.1, 0.15) is 0 Å². The molecule has 9 heteroatoms. The predicted octanol–water partition coefficient (Wildman–Crippen LogP) is 3.80. The van der Waals surface area contributed by atoms with Crippen LogP contribution >= 0.6 is 23.4 Å². The molecule has 0 aliphatic carbocycles.